The zero-order chi connectivity index (χ0) is 15.8. The van der Waals surface area contributed by atoms with Crippen LogP contribution in [-0.2, 0) is 0 Å². The topological polar surface area (TPSA) is 85.1 Å². The Morgan fingerprint density at radius 1 is 1.09 bits per heavy atom. The van der Waals surface area contributed by atoms with Crippen LogP contribution >= 0.6 is 0 Å². The summed E-state index contributed by atoms with van der Waals surface area (Å²) in [6.07, 6.45) is 3.70. The van der Waals surface area contributed by atoms with Crippen LogP contribution in [-0.4, -0.2) is 23.1 Å². The van der Waals surface area contributed by atoms with Gasteiger partial charge in [-0.25, -0.2) is 9.97 Å². The van der Waals surface area contributed by atoms with Gasteiger partial charge in [-0.1, -0.05) is 13.3 Å². The lowest BCUT2D eigenvalue weighted by atomic mass is 10.3. The van der Waals surface area contributed by atoms with Gasteiger partial charge in [-0.05, 0) is 37.6 Å². The van der Waals surface area contributed by atoms with Crippen molar-refractivity contribution < 1.29 is 4.74 Å². The van der Waals surface area contributed by atoms with Crippen molar-refractivity contribution in [2.45, 2.75) is 26.7 Å². The molecule has 0 unspecified atom stereocenters. The highest BCUT2D eigenvalue weighted by atomic mass is 16.5. The number of ether oxygens (including phenoxy) is 1. The molecule has 118 valence electrons. The van der Waals surface area contributed by atoms with E-state index in [0.717, 1.165) is 30.8 Å². The molecule has 2 aromatic rings. The highest BCUT2D eigenvalue weighted by Crippen LogP contribution is 2.26. The Morgan fingerprint density at radius 2 is 1.82 bits per heavy atom. The molecule has 0 aliphatic rings. The van der Waals surface area contributed by atoms with Gasteiger partial charge < -0.3 is 21.1 Å². The number of hydrogen-bond acceptors (Lipinski definition) is 6. The molecule has 0 spiro atoms. The first kappa shape index (κ1) is 15.9. The Morgan fingerprint density at radius 3 is 2.50 bits per heavy atom. The summed E-state index contributed by atoms with van der Waals surface area (Å²) in [5.74, 6) is 2.10. The minimum atomic E-state index is 0.521. The van der Waals surface area contributed by atoms with Gasteiger partial charge in [0.2, 0.25) is 0 Å². The van der Waals surface area contributed by atoms with Gasteiger partial charge in [-0.3, -0.25) is 0 Å². The van der Waals surface area contributed by atoms with E-state index in [1.807, 2.05) is 31.2 Å². The molecule has 0 atom stereocenters. The highest BCUT2D eigenvalue weighted by molar-refractivity contribution is 5.77. The van der Waals surface area contributed by atoms with Crippen LogP contribution in [0.4, 0.5) is 23.0 Å². The minimum absolute atomic E-state index is 0.521. The highest BCUT2D eigenvalue weighted by Gasteiger charge is 2.08. The van der Waals surface area contributed by atoms with Crippen LogP contribution in [0.15, 0.2) is 30.6 Å². The number of nitrogens with zero attached hydrogens (tertiary/aromatic N) is 2. The van der Waals surface area contributed by atoms with E-state index in [1.54, 1.807) is 0 Å². The first-order valence-electron chi connectivity index (χ1n) is 7.58. The second kappa shape index (κ2) is 8.07. The van der Waals surface area contributed by atoms with Gasteiger partial charge in [0.25, 0.3) is 0 Å². The molecule has 0 radical (unpaired) electrons. The number of anilines is 4. The maximum absolute atomic E-state index is 6.12. The van der Waals surface area contributed by atoms with Crippen LogP contribution in [0.5, 0.6) is 5.75 Å². The van der Waals surface area contributed by atoms with Crippen molar-refractivity contribution in [3.8, 4) is 5.75 Å². The fourth-order valence-corrected chi connectivity index (χ4v) is 1.96. The number of nitrogen functional groups attached to an aromatic ring is 1. The van der Waals surface area contributed by atoms with Gasteiger partial charge in [0, 0.05) is 12.2 Å². The molecule has 2 rings (SSSR count). The molecule has 0 bridgehead atoms. The fourth-order valence-electron chi connectivity index (χ4n) is 1.96. The van der Waals surface area contributed by atoms with Crippen LogP contribution in [0.25, 0.3) is 0 Å². The Balaban J connectivity index is 2.07. The molecule has 0 amide bonds. The molecule has 22 heavy (non-hydrogen) atoms. The summed E-state index contributed by atoms with van der Waals surface area (Å²) >= 11 is 0. The maximum Gasteiger partial charge on any atom is 0.159 e. The number of nitrogens with one attached hydrogen (secondary N) is 2. The summed E-state index contributed by atoms with van der Waals surface area (Å²) in [4.78, 5) is 8.39. The van der Waals surface area contributed by atoms with Gasteiger partial charge in [-0.15, -0.1) is 0 Å². The maximum atomic E-state index is 6.12. The average Bonchev–Trinajstić information content (AvgIpc) is 2.53. The predicted octanol–water partition coefficient (Wildman–Crippen LogP) is 3.41. The van der Waals surface area contributed by atoms with Crippen LogP contribution in [0, 0.1) is 0 Å². The van der Waals surface area contributed by atoms with Crippen LogP contribution in [0.2, 0.25) is 0 Å². The van der Waals surface area contributed by atoms with E-state index < -0.39 is 0 Å². The van der Waals surface area contributed by atoms with Crippen molar-refractivity contribution in [3.63, 3.8) is 0 Å². The lowest BCUT2D eigenvalue weighted by Crippen LogP contribution is -2.09. The van der Waals surface area contributed by atoms with Gasteiger partial charge >= 0.3 is 0 Å². The van der Waals surface area contributed by atoms with Crippen LogP contribution in [0.1, 0.15) is 26.7 Å². The molecule has 1 aromatic carbocycles. The van der Waals surface area contributed by atoms with Gasteiger partial charge in [0.15, 0.2) is 11.6 Å². The number of benzene rings is 1. The summed E-state index contributed by atoms with van der Waals surface area (Å²) < 4.78 is 5.42. The van der Waals surface area contributed by atoms with Gasteiger partial charge in [0.05, 0.1) is 6.61 Å². The normalized spacial score (nSPS) is 10.3. The Labute approximate surface area is 131 Å². The summed E-state index contributed by atoms with van der Waals surface area (Å²) in [5, 5.41) is 6.43. The first-order valence-corrected chi connectivity index (χ1v) is 7.58. The van der Waals surface area contributed by atoms with Crippen LogP contribution in [0.3, 0.4) is 0 Å². The molecular weight excluding hydrogens is 278 g/mol. The molecule has 0 saturated carbocycles. The molecule has 0 saturated heterocycles. The third-order valence-electron chi connectivity index (χ3n) is 3.13. The number of aromatic nitrogens is 2. The molecule has 0 fully saturated rings. The molecule has 1 heterocycles. The lowest BCUT2D eigenvalue weighted by Gasteiger charge is -2.12. The van der Waals surface area contributed by atoms with E-state index in [-0.39, 0.29) is 0 Å². The number of rotatable bonds is 8. The standard InChI is InChI=1S/C16H23N5O/c1-3-5-10-18-15-14(17)16(20-11-19-15)21-12-6-8-13(9-7-12)22-4-2/h6-9,11H,3-5,10,17H2,1-2H3,(H2,18,19,20,21). The van der Waals surface area contributed by atoms with E-state index in [0.29, 0.717) is 23.9 Å². The second-order valence-electron chi connectivity index (χ2n) is 4.85. The fraction of sp³-hybridized carbons (Fsp3) is 0.375. The van der Waals surface area contributed by atoms with Crippen molar-refractivity contribution in [2.24, 2.45) is 0 Å². The van der Waals surface area contributed by atoms with Crippen molar-refractivity contribution in [1.82, 2.24) is 9.97 Å². The molecule has 0 aliphatic carbocycles. The second-order valence-corrected chi connectivity index (χ2v) is 4.85. The van der Waals surface area contributed by atoms with Crippen molar-refractivity contribution in [3.05, 3.63) is 30.6 Å². The van der Waals surface area contributed by atoms with Crippen molar-refractivity contribution >= 4 is 23.0 Å². The van der Waals surface area contributed by atoms with Crippen molar-refractivity contribution in [2.75, 3.05) is 29.5 Å². The summed E-state index contributed by atoms with van der Waals surface area (Å²) in [6.45, 7) is 5.60. The zero-order valence-electron chi connectivity index (χ0n) is 13.1. The Bertz CT molecular complexity index is 586. The Hall–Kier alpha value is -2.50. The van der Waals surface area contributed by atoms with Crippen molar-refractivity contribution in [1.29, 1.82) is 0 Å². The molecule has 6 nitrogen and oxygen atoms in total. The summed E-state index contributed by atoms with van der Waals surface area (Å²) in [5.41, 5.74) is 7.53. The summed E-state index contributed by atoms with van der Waals surface area (Å²) in [7, 11) is 0. The third-order valence-corrected chi connectivity index (χ3v) is 3.13. The molecule has 6 heteroatoms. The molecule has 4 N–H and O–H groups in total. The predicted molar refractivity (Wildman–Crippen MR) is 90.7 cm³/mol. The monoisotopic (exact) mass is 301 g/mol. The van der Waals surface area contributed by atoms with Gasteiger partial charge in [0.1, 0.15) is 17.8 Å². The first-order chi connectivity index (χ1) is 10.7. The number of nitrogens with two attached hydrogens (primary N) is 1. The molecule has 1 aromatic heterocycles. The van der Waals surface area contributed by atoms with E-state index in [2.05, 4.69) is 27.5 Å². The lowest BCUT2D eigenvalue weighted by molar-refractivity contribution is 0.340. The quantitative estimate of drug-likeness (QED) is 0.648. The number of unbranched alkanes of at least 4 members (excludes halogenated alkanes) is 1. The van der Waals surface area contributed by atoms with E-state index in [1.165, 1.54) is 6.33 Å². The molecule has 0 aliphatic heterocycles. The molecular formula is C16H23N5O. The zero-order valence-corrected chi connectivity index (χ0v) is 13.1. The SMILES string of the molecule is CCCCNc1ncnc(Nc2ccc(OCC)cc2)c1N. The van der Waals surface area contributed by atoms with Gasteiger partial charge in [-0.2, -0.15) is 0 Å². The Kier molecular flexibility index (Phi) is 5.82. The van der Waals surface area contributed by atoms with E-state index in [9.17, 15) is 0 Å². The number of hydrogen-bond donors (Lipinski definition) is 3. The smallest absolute Gasteiger partial charge is 0.159 e. The minimum Gasteiger partial charge on any atom is -0.494 e. The third kappa shape index (κ3) is 4.25. The van der Waals surface area contributed by atoms with Crippen LogP contribution < -0.4 is 21.1 Å². The average molecular weight is 301 g/mol. The van der Waals surface area contributed by atoms with E-state index in [4.69, 9.17) is 10.5 Å². The van der Waals surface area contributed by atoms with E-state index >= 15 is 0 Å². The largest absolute Gasteiger partial charge is 0.494 e. The summed E-state index contributed by atoms with van der Waals surface area (Å²) in [6, 6.07) is 7.67.